The maximum Gasteiger partial charge on any atom is 0.255 e. The lowest BCUT2D eigenvalue weighted by Gasteiger charge is -2.12. The second kappa shape index (κ2) is 8.44. The first-order valence-corrected chi connectivity index (χ1v) is 9.80. The predicted molar refractivity (Wildman–Crippen MR) is 104 cm³/mol. The van der Waals surface area contributed by atoms with Crippen LogP contribution in [0.3, 0.4) is 0 Å². The van der Waals surface area contributed by atoms with Crippen molar-refractivity contribution in [3.63, 3.8) is 0 Å². The number of rotatable bonds is 7. The molecule has 2 rings (SSSR count). The van der Waals surface area contributed by atoms with E-state index in [1.54, 1.807) is 12.1 Å². The van der Waals surface area contributed by atoms with E-state index in [1.165, 1.54) is 12.1 Å². The van der Waals surface area contributed by atoms with Crippen molar-refractivity contribution in [1.82, 2.24) is 9.62 Å². The van der Waals surface area contributed by atoms with Crippen LogP contribution < -0.4 is 10.0 Å². The molecule has 0 aromatic heterocycles. The second-order valence-electron chi connectivity index (χ2n) is 6.56. The number of hydrogen-bond acceptors (Lipinski definition) is 4. The number of aryl methyl sites for hydroxylation is 2. The van der Waals surface area contributed by atoms with Crippen molar-refractivity contribution in [2.24, 2.45) is 0 Å². The fourth-order valence-electron chi connectivity index (χ4n) is 2.54. The van der Waals surface area contributed by atoms with Gasteiger partial charge in [0.1, 0.15) is 0 Å². The molecule has 2 aromatic rings. The predicted octanol–water partition coefficient (Wildman–Crippen LogP) is 2.40. The van der Waals surface area contributed by atoms with E-state index in [4.69, 9.17) is 0 Å². The van der Waals surface area contributed by atoms with E-state index in [2.05, 4.69) is 10.0 Å². The highest BCUT2D eigenvalue weighted by Crippen LogP contribution is 2.16. The number of likely N-dealkylation sites (N-methyl/N-ethyl adjacent to an activating group) is 1. The van der Waals surface area contributed by atoms with Gasteiger partial charge in [-0.3, -0.25) is 4.79 Å². The Kier molecular flexibility index (Phi) is 6.52. The van der Waals surface area contributed by atoms with Crippen LogP contribution in [0.5, 0.6) is 0 Å². The van der Waals surface area contributed by atoms with Gasteiger partial charge in [-0.05, 0) is 69.4 Å². The van der Waals surface area contributed by atoms with Gasteiger partial charge in [-0.25, -0.2) is 13.1 Å². The minimum absolute atomic E-state index is 0.0735. The van der Waals surface area contributed by atoms with Gasteiger partial charge < -0.3 is 10.2 Å². The smallest absolute Gasteiger partial charge is 0.255 e. The number of carbonyl (C=O) groups excluding carboxylic acids is 1. The molecule has 0 fully saturated rings. The zero-order valence-electron chi connectivity index (χ0n) is 15.5. The molecule has 0 aliphatic heterocycles. The molecule has 2 aromatic carbocycles. The Morgan fingerprint density at radius 1 is 1.04 bits per heavy atom. The fraction of sp³-hybridized carbons (Fsp3) is 0.316. The van der Waals surface area contributed by atoms with E-state index >= 15 is 0 Å². The minimum Gasteiger partial charge on any atom is -0.322 e. The summed E-state index contributed by atoms with van der Waals surface area (Å²) in [7, 11) is 0.0797. The molecule has 6 nitrogen and oxygen atoms in total. The summed E-state index contributed by atoms with van der Waals surface area (Å²) in [5.74, 6) is -0.347. The lowest BCUT2D eigenvalue weighted by atomic mass is 10.1. The summed E-state index contributed by atoms with van der Waals surface area (Å²) in [6.07, 6.45) is 0. The number of benzene rings is 2. The monoisotopic (exact) mass is 375 g/mol. The van der Waals surface area contributed by atoms with Crippen LogP contribution in [-0.4, -0.2) is 46.4 Å². The van der Waals surface area contributed by atoms with Crippen LogP contribution in [0.2, 0.25) is 0 Å². The number of sulfonamides is 1. The molecule has 0 bridgehead atoms. The number of carbonyl (C=O) groups is 1. The van der Waals surface area contributed by atoms with Crippen molar-refractivity contribution < 1.29 is 13.2 Å². The first-order valence-electron chi connectivity index (χ1n) is 8.31. The largest absolute Gasteiger partial charge is 0.322 e. The summed E-state index contributed by atoms with van der Waals surface area (Å²) in [4.78, 5) is 14.4. The molecule has 0 spiro atoms. The molecule has 0 saturated heterocycles. The Labute approximate surface area is 155 Å². The lowest BCUT2D eigenvalue weighted by Crippen LogP contribution is -2.31. The van der Waals surface area contributed by atoms with Crippen molar-refractivity contribution in [3.8, 4) is 0 Å². The van der Waals surface area contributed by atoms with Gasteiger partial charge in [0.05, 0.1) is 4.90 Å². The number of nitrogens with zero attached hydrogens (tertiary/aromatic N) is 1. The highest BCUT2D eigenvalue weighted by atomic mass is 32.2. The number of nitrogens with one attached hydrogen (secondary N) is 2. The normalized spacial score (nSPS) is 11.6. The Morgan fingerprint density at radius 3 is 2.31 bits per heavy atom. The summed E-state index contributed by atoms with van der Waals surface area (Å²) < 4.78 is 27.3. The van der Waals surface area contributed by atoms with E-state index in [0.29, 0.717) is 24.3 Å². The average Bonchev–Trinajstić information content (AvgIpc) is 2.53. The summed E-state index contributed by atoms with van der Waals surface area (Å²) in [6, 6.07) is 11.8. The molecule has 140 valence electrons. The SMILES string of the molecule is Cc1cc(C)cc(NC(=O)c2cccc(S(=O)(=O)NCCN(C)C)c2)c1. The zero-order chi connectivity index (χ0) is 19.3. The fourth-order valence-corrected chi connectivity index (χ4v) is 3.61. The van der Waals surface area contributed by atoms with Crippen LogP contribution in [0.1, 0.15) is 21.5 Å². The van der Waals surface area contributed by atoms with Gasteiger partial charge in [0.15, 0.2) is 0 Å². The molecule has 2 N–H and O–H groups in total. The number of anilines is 1. The van der Waals surface area contributed by atoms with Gasteiger partial charge in [0, 0.05) is 24.3 Å². The maximum atomic E-state index is 12.5. The third kappa shape index (κ3) is 5.66. The van der Waals surface area contributed by atoms with Gasteiger partial charge in [-0.1, -0.05) is 12.1 Å². The molecule has 0 aliphatic carbocycles. The summed E-state index contributed by atoms with van der Waals surface area (Å²) in [5, 5.41) is 2.82. The van der Waals surface area contributed by atoms with Crippen LogP contribution in [0.4, 0.5) is 5.69 Å². The van der Waals surface area contributed by atoms with E-state index in [-0.39, 0.29) is 10.8 Å². The molecule has 0 saturated carbocycles. The summed E-state index contributed by atoms with van der Waals surface area (Å²) in [5.41, 5.74) is 3.06. The molecule has 1 amide bonds. The summed E-state index contributed by atoms with van der Waals surface area (Å²) in [6.45, 7) is 4.80. The van der Waals surface area contributed by atoms with Crippen molar-refractivity contribution in [2.45, 2.75) is 18.7 Å². The first-order chi connectivity index (χ1) is 12.2. The van der Waals surface area contributed by atoms with Gasteiger partial charge >= 0.3 is 0 Å². The Bertz CT molecular complexity index is 872. The molecule has 0 unspecified atom stereocenters. The van der Waals surface area contributed by atoms with Crippen LogP contribution in [0.25, 0.3) is 0 Å². The third-order valence-corrected chi connectivity index (χ3v) is 5.20. The average molecular weight is 375 g/mol. The zero-order valence-corrected chi connectivity index (χ0v) is 16.4. The molecular formula is C19H25N3O3S. The minimum atomic E-state index is -3.65. The Morgan fingerprint density at radius 2 is 1.69 bits per heavy atom. The van der Waals surface area contributed by atoms with Crippen LogP contribution >= 0.6 is 0 Å². The molecule has 0 atom stereocenters. The van der Waals surface area contributed by atoms with E-state index in [0.717, 1.165) is 11.1 Å². The van der Waals surface area contributed by atoms with Gasteiger partial charge in [0.2, 0.25) is 10.0 Å². The maximum absolute atomic E-state index is 12.5. The molecular weight excluding hydrogens is 350 g/mol. The molecule has 7 heteroatoms. The lowest BCUT2D eigenvalue weighted by molar-refractivity contribution is 0.102. The van der Waals surface area contributed by atoms with Crippen molar-refractivity contribution >= 4 is 21.6 Å². The van der Waals surface area contributed by atoms with Gasteiger partial charge in [0.25, 0.3) is 5.91 Å². The number of hydrogen-bond donors (Lipinski definition) is 2. The van der Waals surface area contributed by atoms with E-state index in [9.17, 15) is 13.2 Å². The quantitative estimate of drug-likeness (QED) is 0.779. The summed E-state index contributed by atoms with van der Waals surface area (Å²) >= 11 is 0. The highest BCUT2D eigenvalue weighted by molar-refractivity contribution is 7.89. The van der Waals surface area contributed by atoms with E-state index < -0.39 is 10.0 Å². The highest BCUT2D eigenvalue weighted by Gasteiger charge is 2.16. The molecule has 0 aliphatic rings. The van der Waals surface area contributed by atoms with Crippen LogP contribution in [0.15, 0.2) is 47.4 Å². The third-order valence-electron chi connectivity index (χ3n) is 3.74. The second-order valence-corrected chi connectivity index (χ2v) is 8.33. The van der Waals surface area contributed by atoms with Crippen LogP contribution in [-0.2, 0) is 10.0 Å². The van der Waals surface area contributed by atoms with Crippen molar-refractivity contribution in [3.05, 3.63) is 59.2 Å². The Hall–Kier alpha value is -2.22. The number of amides is 1. The molecule has 0 radical (unpaired) electrons. The standard InChI is InChI=1S/C19H25N3O3S/c1-14-10-15(2)12-17(11-14)21-19(23)16-6-5-7-18(13-16)26(24,25)20-8-9-22(3)4/h5-7,10-13,20H,8-9H2,1-4H3,(H,21,23). The van der Waals surface area contributed by atoms with Gasteiger partial charge in [-0.2, -0.15) is 0 Å². The van der Waals surface area contributed by atoms with Crippen molar-refractivity contribution in [1.29, 1.82) is 0 Å². The van der Waals surface area contributed by atoms with Gasteiger partial charge in [-0.15, -0.1) is 0 Å². The van der Waals surface area contributed by atoms with E-state index in [1.807, 2.05) is 51.0 Å². The molecule has 0 heterocycles. The topological polar surface area (TPSA) is 78.5 Å². The molecule has 26 heavy (non-hydrogen) atoms. The van der Waals surface area contributed by atoms with Crippen molar-refractivity contribution in [2.75, 3.05) is 32.5 Å². The Balaban J connectivity index is 2.16. The van der Waals surface area contributed by atoms with Crippen LogP contribution in [0, 0.1) is 13.8 Å². The first kappa shape index (κ1) is 20.1.